The third-order valence-corrected chi connectivity index (χ3v) is 10.7. The normalized spacial score (nSPS) is 48.5. The first kappa shape index (κ1) is 22.3. The lowest BCUT2D eigenvalue weighted by molar-refractivity contribution is -0.165. The molecule has 2 heterocycles. The minimum atomic E-state index is -0.379. The first-order chi connectivity index (χ1) is 16.2. The SMILES string of the molecule is CC(=O)O[C@H]1CC[C@@]2(C)[C@H](CC[C@@H]3[C@@H]2CC[C@]2(C)[C@@H](c4ccc(=O)oc4)[C@@H](OC=O)[C@H]4O[C@]342)C1. The summed E-state index contributed by atoms with van der Waals surface area (Å²) in [5.74, 6) is 1.24. The molecule has 1 aliphatic heterocycles. The van der Waals surface area contributed by atoms with Crippen molar-refractivity contribution >= 4 is 12.4 Å². The van der Waals surface area contributed by atoms with Crippen molar-refractivity contribution in [1.29, 1.82) is 0 Å². The maximum atomic E-state index is 11.6. The smallest absolute Gasteiger partial charge is 0.335 e. The third kappa shape index (κ3) is 2.82. The summed E-state index contributed by atoms with van der Waals surface area (Å²) in [5, 5.41) is 0. The lowest BCUT2D eigenvalue weighted by Crippen LogP contribution is -2.58. The fraction of sp³-hybridized carbons (Fsp3) is 0.741. The van der Waals surface area contributed by atoms with E-state index >= 15 is 0 Å². The van der Waals surface area contributed by atoms with E-state index in [4.69, 9.17) is 18.6 Å². The largest absolute Gasteiger partial charge is 0.463 e. The molecule has 1 aromatic heterocycles. The highest BCUT2D eigenvalue weighted by molar-refractivity contribution is 5.66. The van der Waals surface area contributed by atoms with E-state index in [-0.39, 0.29) is 52.3 Å². The van der Waals surface area contributed by atoms with Crippen molar-refractivity contribution in [1.82, 2.24) is 0 Å². The van der Waals surface area contributed by atoms with Crippen LogP contribution in [-0.4, -0.2) is 36.4 Å². The maximum Gasteiger partial charge on any atom is 0.335 e. The summed E-state index contributed by atoms with van der Waals surface area (Å²) in [6.45, 7) is 6.79. The van der Waals surface area contributed by atoms with Gasteiger partial charge in [0.15, 0.2) is 0 Å². The second-order valence-electron chi connectivity index (χ2n) is 11.8. The van der Waals surface area contributed by atoms with Gasteiger partial charge in [-0.25, -0.2) is 4.79 Å². The van der Waals surface area contributed by atoms with Crippen molar-refractivity contribution in [3.63, 3.8) is 0 Å². The monoisotopic (exact) mass is 470 g/mol. The summed E-state index contributed by atoms with van der Waals surface area (Å²) < 4.78 is 23.1. The van der Waals surface area contributed by atoms with Crippen LogP contribution in [0.1, 0.15) is 77.2 Å². The molecule has 0 bridgehead atoms. The maximum absolute atomic E-state index is 11.6. The van der Waals surface area contributed by atoms with Crippen LogP contribution in [0.2, 0.25) is 0 Å². The van der Waals surface area contributed by atoms with Gasteiger partial charge < -0.3 is 18.6 Å². The van der Waals surface area contributed by atoms with Crippen LogP contribution in [0.25, 0.3) is 0 Å². The van der Waals surface area contributed by atoms with Crippen LogP contribution in [0, 0.1) is 28.6 Å². The fourth-order valence-electron chi connectivity index (χ4n) is 9.32. The van der Waals surface area contributed by atoms with Gasteiger partial charge in [0, 0.05) is 24.3 Å². The zero-order valence-corrected chi connectivity index (χ0v) is 20.2. The van der Waals surface area contributed by atoms with Gasteiger partial charge in [0.25, 0.3) is 6.47 Å². The molecule has 6 rings (SSSR count). The van der Waals surface area contributed by atoms with Gasteiger partial charge in [-0.3, -0.25) is 9.59 Å². The van der Waals surface area contributed by atoms with Crippen molar-refractivity contribution in [2.45, 2.75) is 95.5 Å². The number of hydrogen-bond donors (Lipinski definition) is 0. The number of hydrogen-bond acceptors (Lipinski definition) is 7. The molecular weight excluding hydrogens is 436 g/mol. The lowest BCUT2D eigenvalue weighted by Gasteiger charge is -2.61. The molecule has 7 nitrogen and oxygen atoms in total. The summed E-state index contributed by atoms with van der Waals surface area (Å²) in [6, 6.07) is 3.27. The van der Waals surface area contributed by atoms with E-state index in [1.54, 1.807) is 6.26 Å². The molecule has 0 aromatic carbocycles. The highest BCUT2D eigenvalue weighted by Crippen LogP contribution is 2.78. The van der Waals surface area contributed by atoms with Crippen molar-refractivity contribution in [3.8, 4) is 0 Å². The number of ether oxygens (including phenoxy) is 3. The molecular formula is C27H34O7. The summed E-state index contributed by atoms with van der Waals surface area (Å²) in [6.07, 6.45) is 8.29. The number of esters is 1. The molecule has 0 amide bonds. The molecule has 1 spiro atoms. The summed E-state index contributed by atoms with van der Waals surface area (Å²) >= 11 is 0. The van der Waals surface area contributed by atoms with Crippen molar-refractivity contribution in [2.75, 3.05) is 0 Å². The molecule has 10 atom stereocenters. The Labute approximate surface area is 199 Å². The Kier molecular flexibility index (Phi) is 4.87. The van der Waals surface area contributed by atoms with E-state index in [0.29, 0.717) is 24.2 Å². The number of epoxide rings is 1. The minimum Gasteiger partial charge on any atom is -0.463 e. The minimum absolute atomic E-state index is 0.0398. The summed E-state index contributed by atoms with van der Waals surface area (Å²) in [7, 11) is 0. The van der Waals surface area contributed by atoms with Gasteiger partial charge in [-0.15, -0.1) is 0 Å². The summed E-state index contributed by atoms with van der Waals surface area (Å²) in [4.78, 5) is 34.7. The molecule has 7 heteroatoms. The predicted octanol–water partition coefficient (Wildman–Crippen LogP) is 3.98. The van der Waals surface area contributed by atoms with Crippen molar-refractivity contribution in [3.05, 3.63) is 34.4 Å². The Morgan fingerprint density at radius 3 is 2.65 bits per heavy atom. The quantitative estimate of drug-likeness (QED) is 0.373. The van der Waals surface area contributed by atoms with Crippen LogP contribution < -0.4 is 5.63 Å². The molecule has 4 saturated carbocycles. The Hall–Kier alpha value is -2.15. The lowest BCUT2D eigenvalue weighted by atomic mass is 9.44. The molecule has 5 fully saturated rings. The molecule has 0 N–H and O–H groups in total. The number of fused-ring (bicyclic) bond motifs is 3. The van der Waals surface area contributed by atoms with Gasteiger partial charge in [-0.1, -0.05) is 13.8 Å². The Morgan fingerprint density at radius 2 is 1.94 bits per heavy atom. The first-order valence-corrected chi connectivity index (χ1v) is 12.8. The van der Waals surface area contributed by atoms with Crippen molar-refractivity contribution in [2.24, 2.45) is 28.6 Å². The molecule has 34 heavy (non-hydrogen) atoms. The number of rotatable bonds is 4. The zero-order chi connectivity index (χ0) is 23.9. The fourth-order valence-corrected chi connectivity index (χ4v) is 9.32. The second kappa shape index (κ2) is 7.42. The van der Waals surface area contributed by atoms with E-state index in [1.807, 2.05) is 6.07 Å². The van der Waals surface area contributed by atoms with Gasteiger partial charge in [0.1, 0.15) is 23.9 Å². The van der Waals surface area contributed by atoms with Gasteiger partial charge in [-0.2, -0.15) is 0 Å². The van der Waals surface area contributed by atoms with Crippen LogP contribution in [0.4, 0.5) is 0 Å². The highest BCUT2D eigenvalue weighted by atomic mass is 16.7. The molecule has 0 radical (unpaired) electrons. The standard InChI is InChI=1S/C27H34O7/c1-15(29)33-18-8-10-25(2)17(12-18)5-6-20-19(25)9-11-26(3)22(16-4-7-21(30)31-13-16)23(32-14-28)24-27(20,26)34-24/h4,7,13-14,17-20,22-24H,5-6,8-12H2,1-3H3/t17-,18+,19+,20-,22+,23-,24-,25+,26-,27-/m1/s1. The first-order valence-electron chi connectivity index (χ1n) is 12.8. The molecule has 1 saturated heterocycles. The highest BCUT2D eigenvalue weighted by Gasteiger charge is 2.84. The van der Waals surface area contributed by atoms with Gasteiger partial charge >= 0.3 is 11.6 Å². The Morgan fingerprint density at radius 1 is 1.12 bits per heavy atom. The van der Waals surface area contributed by atoms with Crippen LogP contribution in [-0.2, 0) is 23.8 Å². The average molecular weight is 471 g/mol. The van der Waals surface area contributed by atoms with Crippen LogP contribution in [0.5, 0.6) is 0 Å². The van der Waals surface area contributed by atoms with Crippen molar-refractivity contribution < 1.29 is 28.2 Å². The molecule has 184 valence electrons. The summed E-state index contributed by atoms with van der Waals surface area (Å²) in [5.41, 5.74) is 0.208. The van der Waals surface area contributed by atoms with Crippen LogP contribution in [0.3, 0.4) is 0 Å². The predicted molar refractivity (Wildman–Crippen MR) is 121 cm³/mol. The topological polar surface area (TPSA) is 95.3 Å². The molecule has 5 aliphatic rings. The zero-order valence-electron chi connectivity index (χ0n) is 20.2. The molecule has 0 unspecified atom stereocenters. The van der Waals surface area contributed by atoms with Gasteiger partial charge in [0.05, 0.1) is 6.26 Å². The second-order valence-corrected chi connectivity index (χ2v) is 11.8. The van der Waals surface area contributed by atoms with Gasteiger partial charge in [0.2, 0.25) is 0 Å². The van der Waals surface area contributed by atoms with Gasteiger partial charge in [-0.05, 0) is 79.7 Å². The van der Waals surface area contributed by atoms with E-state index in [2.05, 4.69) is 13.8 Å². The van der Waals surface area contributed by atoms with E-state index < -0.39 is 0 Å². The van der Waals surface area contributed by atoms with Crippen LogP contribution >= 0.6 is 0 Å². The van der Waals surface area contributed by atoms with E-state index in [0.717, 1.165) is 50.5 Å². The van der Waals surface area contributed by atoms with E-state index in [9.17, 15) is 14.4 Å². The van der Waals surface area contributed by atoms with E-state index in [1.165, 1.54) is 13.0 Å². The number of carbonyl (C=O) groups is 2. The Bertz CT molecular complexity index is 1040. The number of carbonyl (C=O) groups excluding carboxylic acids is 2. The van der Waals surface area contributed by atoms with Crippen LogP contribution in [0.15, 0.2) is 27.6 Å². The molecule has 1 aromatic rings. The average Bonchev–Trinajstić information content (AvgIpc) is 3.49. The molecule has 4 aliphatic carbocycles. The Balaban J connectivity index is 1.33. The third-order valence-electron chi connectivity index (χ3n) is 10.7.